The van der Waals surface area contributed by atoms with Crippen LogP contribution in [-0.4, -0.2) is 19.7 Å². The fourth-order valence-electron chi connectivity index (χ4n) is 2.29. The molecule has 1 aliphatic rings. The summed E-state index contributed by atoms with van der Waals surface area (Å²) in [6, 6.07) is 5.84. The maximum Gasteiger partial charge on any atom is 0.195 e. The van der Waals surface area contributed by atoms with Crippen molar-refractivity contribution >= 4 is 12.2 Å². The maximum absolute atomic E-state index is 5.33. The molecular formula is C13H16N4S. The Kier molecular flexibility index (Phi) is 2.78. The van der Waals surface area contributed by atoms with Gasteiger partial charge in [0.05, 0.1) is 0 Å². The minimum atomic E-state index is 0.436. The third-order valence-corrected chi connectivity index (χ3v) is 4.16. The van der Waals surface area contributed by atoms with Crippen molar-refractivity contribution in [1.29, 1.82) is 0 Å². The van der Waals surface area contributed by atoms with E-state index in [0.717, 1.165) is 18.1 Å². The van der Waals surface area contributed by atoms with Gasteiger partial charge in [-0.25, -0.2) is 0 Å². The van der Waals surface area contributed by atoms with E-state index in [1.54, 1.807) is 6.20 Å². The molecule has 0 aromatic carbocycles. The monoisotopic (exact) mass is 260 g/mol. The molecule has 2 aromatic heterocycles. The van der Waals surface area contributed by atoms with Crippen LogP contribution in [0.1, 0.15) is 26.2 Å². The van der Waals surface area contributed by atoms with Crippen molar-refractivity contribution in [3.63, 3.8) is 0 Å². The van der Waals surface area contributed by atoms with E-state index < -0.39 is 0 Å². The molecule has 1 fully saturated rings. The van der Waals surface area contributed by atoms with Gasteiger partial charge in [0, 0.05) is 12.7 Å². The van der Waals surface area contributed by atoms with Gasteiger partial charge in [-0.05, 0) is 49.0 Å². The van der Waals surface area contributed by atoms with E-state index in [0.29, 0.717) is 10.2 Å². The second-order valence-electron chi connectivity index (χ2n) is 5.01. The van der Waals surface area contributed by atoms with Crippen molar-refractivity contribution in [2.75, 3.05) is 0 Å². The number of hydrogen-bond acceptors (Lipinski definition) is 3. The van der Waals surface area contributed by atoms with Gasteiger partial charge < -0.3 is 0 Å². The highest BCUT2D eigenvalue weighted by molar-refractivity contribution is 7.71. The Balaban J connectivity index is 2.00. The van der Waals surface area contributed by atoms with E-state index in [9.17, 15) is 0 Å². The van der Waals surface area contributed by atoms with Crippen LogP contribution in [0, 0.1) is 10.2 Å². The van der Waals surface area contributed by atoms with Crippen molar-refractivity contribution in [2.45, 2.75) is 32.7 Å². The number of pyridine rings is 1. The summed E-state index contributed by atoms with van der Waals surface area (Å²) in [5.41, 5.74) is 1.31. The Bertz CT molecular complexity index is 595. The standard InChI is InChI=1S/C13H16N4S/c1-2-13(6-7-13)9-17-11(15-16-12(17)18)10-5-3-4-8-14-10/h3-5,8H,2,6-7,9H2,1H3,(H,16,18). The highest BCUT2D eigenvalue weighted by Crippen LogP contribution is 2.50. The van der Waals surface area contributed by atoms with Crippen molar-refractivity contribution in [3.8, 4) is 11.5 Å². The van der Waals surface area contributed by atoms with Gasteiger partial charge in [-0.1, -0.05) is 13.0 Å². The topological polar surface area (TPSA) is 46.5 Å². The first-order chi connectivity index (χ1) is 8.74. The molecule has 0 bridgehead atoms. The van der Waals surface area contributed by atoms with Crippen LogP contribution in [0.3, 0.4) is 0 Å². The van der Waals surface area contributed by atoms with Crippen LogP contribution in [-0.2, 0) is 6.54 Å². The number of nitrogens with one attached hydrogen (secondary N) is 1. The summed E-state index contributed by atoms with van der Waals surface area (Å²) in [6.45, 7) is 3.20. The Morgan fingerprint density at radius 1 is 1.44 bits per heavy atom. The van der Waals surface area contributed by atoms with Crippen LogP contribution >= 0.6 is 12.2 Å². The van der Waals surface area contributed by atoms with Crippen LogP contribution in [0.15, 0.2) is 24.4 Å². The average Bonchev–Trinajstić information content (AvgIpc) is 3.10. The summed E-state index contributed by atoms with van der Waals surface area (Å²) in [6.07, 6.45) is 5.56. The van der Waals surface area contributed by atoms with E-state index in [2.05, 4.69) is 26.7 Å². The van der Waals surface area contributed by atoms with Crippen LogP contribution in [0.5, 0.6) is 0 Å². The van der Waals surface area contributed by atoms with Crippen molar-refractivity contribution < 1.29 is 0 Å². The van der Waals surface area contributed by atoms with E-state index in [4.69, 9.17) is 12.2 Å². The molecule has 0 atom stereocenters. The molecule has 0 aliphatic heterocycles. The summed E-state index contributed by atoms with van der Waals surface area (Å²) in [5, 5.41) is 7.20. The van der Waals surface area contributed by atoms with Gasteiger partial charge in [-0.2, -0.15) is 5.10 Å². The summed E-state index contributed by atoms with van der Waals surface area (Å²) in [4.78, 5) is 4.35. The molecule has 4 nitrogen and oxygen atoms in total. The van der Waals surface area contributed by atoms with Gasteiger partial charge >= 0.3 is 0 Å². The van der Waals surface area contributed by atoms with Gasteiger partial charge in [0.25, 0.3) is 0 Å². The third kappa shape index (κ3) is 1.99. The van der Waals surface area contributed by atoms with Gasteiger partial charge in [0.15, 0.2) is 10.6 Å². The number of rotatable bonds is 4. The van der Waals surface area contributed by atoms with Crippen LogP contribution in [0.4, 0.5) is 0 Å². The third-order valence-electron chi connectivity index (χ3n) is 3.85. The predicted molar refractivity (Wildman–Crippen MR) is 72.6 cm³/mol. The second kappa shape index (κ2) is 4.31. The molecule has 0 spiro atoms. The smallest absolute Gasteiger partial charge is 0.195 e. The number of nitrogens with zero attached hydrogens (tertiary/aromatic N) is 3. The molecular weight excluding hydrogens is 244 g/mol. The Labute approximate surface area is 111 Å². The average molecular weight is 260 g/mol. The molecule has 0 amide bonds. The Morgan fingerprint density at radius 3 is 2.89 bits per heavy atom. The molecule has 0 unspecified atom stereocenters. The van der Waals surface area contributed by atoms with Gasteiger partial charge in [-0.15, -0.1) is 0 Å². The molecule has 1 aliphatic carbocycles. The van der Waals surface area contributed by atoms with E-state index in [1.165, 1.54) is 19.3 Å². The van der Waals surface area contributed by atoms with E-state index in [1.807, 2.05) is 18.2 Å². The molecule has 2 heterocycles. The second-order valence-corrected chi connectivity index (χ2v) is 5.39. The molecule has 2 aromatic rings. The lowest BCUT2D eigenvalue weighted by molar-refractivity contribution is 0.408. The zero-order valence-electron chi connectivity index (χ0n) is 10.4. The molecule has 1 saturated carbocycles. The Hall–Kier alpha value is -1.49. The molecule has 94 valence electrons. The summed E-state index contributed by atoms with van der Waals surface area (Å²) < 4.78 is 2.78. The van der Waals surface area contributed by atoms with Crippen molar-refractivity contribution in [2.24, 2.45) is 5.41 Å². The Morgan fingerprint density at radius 2 is 2.28 bits per heavy atom. The van der Waals surface area contributed by atoms with Crippen molar-refractivity contribution in [3.05, 3.63) is 29.2 Å². The minimum Gasteiger partial charge on any atom is -0.298 e. The summed E-state index contributed by atoms with van der Waals surface area (Å²) in [7, 11) is 0. The van der Waals surface area contributed by atoms with Crippen LogP contribution in [0.25, 0.3) is 11.5 Å². The normalized spacial score (nSPS) is 16.7. The van der Waals surface area contributed by atoms with Crippen LogP contribution in [0.2, 0.25) is 0 Å². The molecule has 0 saturated heterocycles. The van der Waals surface area contributed by atoms with E-state index in [-0.39, 0.29) is 0 Å². The van der Waals surface area contributed by atoms with E-state index >= 15 is 0 Å². The minimum absolute atomic E-state index is 0.436. The first-order valence-corrected chi connectivity index (χ1v) is 6.71. The number of H-pyrrole nitrogens is 1. The van der Waals surface area contributed by atoms with Crippen LogP contribution < -0.4 is 0 Å². The van der Waals surface area contributed by atoms with Crippen molar-refractivity contribution in [1.82, 2.24) is 19.7 Å². The fourth-order valence-corrected chi connectivity index (χ4v) is 2.49. The van der Waals surface area contributed by atoms with Gasteiger partial charge in [0.2, 0.25) is 0 Å². The molecule has 18 heavy (non-hydrogen) atoms. The molecule has 1 N–H and O–H groups in total. The molecule has 0 radical (unpaired) electrons. The SMILES string of the molecule is CCC1(Cn2c(-c3ccccn3)n[nH]c2=S)CC1. The number of aromatic nitrogens is 4. The molecule has 5 heteroatoms. The largest absolute Gasteiger partial charge is 0.298 e. The lowest BCUT2D eigenvalue weighted by Gasteiger charge is -2.14. The number of aromatic amines is 1. The fraction of sp³-hybridized carbons (Fsp3) is 0.462. The zero-order chi connectivity index (χ0) is 12.6. The van der Waals surface area contributed by atoms with Gasteiger partial charge in [0.1, 0.15) is 5.69 Å². The maximum atomic E-state index is 5.33. The highest BCUT2D eigenvalue weighted by Gasteiger charge is 2.41. The first-order valence-electron chi connectivity index (χ1n) is 6.31. The summed E-state index contributed by atoms with van der Waals surface area (Å²) in [5.74, 6) is 0.848. The number of hydrogen-bond donors (Lipinski definition) is 1. The quantitative estimate of drug-likeness (QED) is 0.859. The zero-order valence-corrected chi connectivity index (χ0v) is 11.2. The van der Waals surface area contributed by atoms with Gasteiger partial charge in [-0.3, -0.25) is 14.6 Å². The summed E-state index contributed by atoms with van der Waals surface area (Å²) >= 11 is 5.33. The first kappa shape index (κ1) is 11.6. The molecule has 3 rings (SSSR count). The lowest BCUT2D eigenvalue weighted by Crippen LogP contribution is -2.12. The lowest BCUT2D eigenvalue weighted by atomic mass is 10.0. The predicted octanol–water partition coefficient (Wildman–Crippen LogP) is 3.19. The highest BCUT2D eigenvalue weighted by atomic mass is 32.1.